The van der Waals surface area contributed by atoms with Crippen LogP contribution in [0.25, 0.3) is 10.8 Å². The SMILES string of the molecule is C=C.COC1(c2cccc(OCc3ccc4ccccc4c3)c2)CCC(=O)CC1. The van der Waals surface area contributed by atoms with Gasteiger partial charge in [-0.15, -0.1) is 13.2 Å². The molecular formula is C26H28O3. The van der Waals surface area contributed by atoms with Crippen molar-refractivity contribution >= 4 is 16.6 Å². The lowest BCUT2D eigenvalue weighted by molar-refractivity contribution is -0.127. The second-order valence-corrected chi connectivity index (χ2v) is 7.24. The first-order valence-electron chi connectivity index (χ1n) is 9.96. The monoisotopic (exact) mass is 388 g/mol. The van der Waals surface area contributed by atoms with Crippen molar-refractivity contribution in [3.63, 3.8) is 0 Å². The Morgan fingerprint density at radius 3 is 2.34 bits per heavy atom. The van der Waals surface area contributed by atoms with Crippen LogP contribution in [0.1, 0.15) is 36.8 Å². The number of hydrogen-bond donors (Lipinski definition) is 0. The highest BCUT2D eigenvalue weighted by molar-refractivity contribution is 5.83. The molecule has 1 aliphatic rings. The number of fused-ring (bicyclic) bond motifs is 1. The van der Waals surface area contributed by atoms with Gasteiger partial charge in [-0.05, 0) is 52.9 Å². The van der Waals surface area contributed by atoms with Crippen molar-refractivity contribution in [1.82, 2.24) is 0 Å². The van der Waals surface area contributed by atoms with E-state index >= 15 is 0 Å². The van der Waals surface area contributed by atoms with Crippen LogP contribution in [-0.4, -0.2) is 12.9 Å². The standard InChI is InChI=1S/C24H24O3.C2H4/c1-26-24(13-11-22(25)12-14-24)21-7-4-8-23(16-21)27-17-18-9-10-19-5-2-3-6-20(19)15-18;1-2/h2-10,15-16H,11-14,17H2,1H3;1-2H2. The maximum atomic E-state index is 11.6. The smallest absolute Gasteiger partial charge is 0.133 e. The number of ketones is 1. The van der Waals surface area contributed by atoms with Crippen molar-refractivity contribution in [2.24, 2.45) is 0 Å². The molecule has 0 saturated heterocycles. The minimum atomic E-state index is -0.379. The van der Waals surface area contributed by atoms with Gasteiger partial charge in [0.25, 0.3) is 0 Å². The second kappa shape index (κ2) is 9.53. The highest BCUT2D eigenvalue weighted by Gasteiger charge is 2.36. The van der Waals surface area contributed by atoms with Crippen molar-refractivity contribution in [2.75, 3.05) is 7.11 Å². The number of benzene rings is 3. The number of hydrogen-bond acceptors (Lipinski definition) is 3. The molecule has 0 aromatic heterocycles. The number of methoxy groups -OCH3 is 1. The van der Waals surface area contributed by atoms with E-state index in [-0.39, 0.29) is 5.60 Å². The summed E-state index contributed by atoms with van der Waals surface area (Å²) >= 11 is 0. The normalized spacial score (nSPS) is 15.4. The third-order valence-electron chi connectivity index (χ3n) is 5.59. The summed E-state index contributed by atoms with van der Waals surface area (Å²) in [4.78, 5) is 11.6. The Kier molecular flexibility index (Phi) is 6.84. The molecule has 0 unspecified atom stereocenters. The van der Waals surface area contributed by atoms with Crippen molar-refractivity contribution in [3.05, 3.63) is 91.0 Å². The number of carbonyl (C=O) groups is 1. The summed E-state index contributed by atoms with van der Waals surface area (Å²) in [5, 5.41) is 2.45. The average Bonchev–Trinajstić information content (AvgIpc) is 2.80. The fourth-order valence-corrected chi connectivity index (χ4v) is 3.91. The zero-order chi connectivity index (χ0) is 20.7. The molecule has 1 fully saturated rings. The molecule has 1 aliphatic carbocycles. The summed E-state index contributed by atoms with van der Waals surface area (Å²) in [6.07, 6.45) is 2.62. The summed E-state index contributed by atoms with van der Waals surface area (Å²) < 4.78 is 11.9. The summed E-state index contributed by atoms with van der Waals surface area (Å²) in [5.74, 6) is 1.15. The molecule has 0 atom stereocenters. The maximum absolute atomic E-state index is 11.6. The zero-order valence-electron chi connectivity index (χ0n) is 17.0. The number of Topliss-reactive ketones (excluding diaryl/α,β-unsaturated/α-hetero) is 1. The first kappa shape index (κ1) is 20.8. The van der Waals surface area contributed by atoms with E-state index in [2.05, 4.69) is 67.8 Å². The van der Waals surface area contributed by atoms with Gasteiger partial charge in [-0.3, -0.25) is 4.79 Å². The van der Waals surface area contributed by atoms with Crippen molar-refractivity contribution in [2.45, 2.75) is 37.9 Å². The third kappa shape index (κ3) is 4.75. The predicted molar refractivity (Wildman–Crippen MR) is 118 cm³/mol. The maximum Gasteiger partial charge on any atom is 0.133 e. The summed E-state index contributed by atoms with van der Waals surface area (Å²) in [5.41, 5.74) is 1.85. The Labute approximate surface area is 173 Å². The molecule has 3 aromatic carbocycles. The van der Waals surface area contributed by atoms with Gasteiger partial charge in [-0.2, -0.15) is 0 Å². The van der Waals surface area contributed by atoms with Crippen LogP contribution in [-0.2, 0) is 21.7 Å². The minimum absolute atomic E-state index is 0.325. The van der Waals surface area contributed by atoms with Gasteiger partial charge in [-0.1, -0.05) is 48.5 Å². The van der Waals surface area contributed by atoms with Crippen LogP contribution in [0.5, 0.6) is 5.75 Å². The molecule has 3 nitrogen and oxygen atoms in total. The van der Waals surface area contributed by atoms with E-state index in [9.17, 15) is 4.79 Å². The Morgan fingerprint density at radius 1 is 0.897 bits per heavy atom. The number of rotatable bonds is 5. The van der Waals surface area contributed by atoms with E-state index in [0.29, 0.717) is 25.2 Å². The molecule has 3 heteroatoms. The van der Waals surface area contributed by atoms with Crippen molar-refractivity contribution < 1.29 is 14.3 Å². The van der Waals surface area contributed by atoms with Gasteiger partial charge in [-0.25, -0.2) is 0 Å². The van der Waals surface area contributed by atoms with E-state index < -0.39 is 0 Å². The largest absolute Gasteiger partial charge is 0.489 e. The molecule has 0 aliphatic heterocycles. The summed E-state index contributed by atoms with van der Waals surface area (Å²) in [6.45, 7) is 6.52. The Hall–Kier alpha value is -2.91. The molecule has 3 aromatic rings. The molecule has 150 valence electrons. The topological polar surface area (TPSA) is 35.5 Å². The van der Waals surface area contributed by atoms with Crippen LogP contribution in [0, 0.1) is 0 Å². The van der Waals surface area contributed by atoms with Crippen LogP contribution >= 0.6 is 0 Å². The third-order valence-corrected chi connectivity index (χ3v) is 5.59. The molecule has 29 heavy (non-hydrogen) atoms. The molecule has 0 N–H and O–H groups in total. The van der Waals surface area contributed by atoms with Gasteiger partial charge >= 0.3 is 0 Å². The summed E-state index contributed by atoms with van der Waals surface area (Å²) in [7, 11) is 1.73. The number of ether oxygens (including phenoxy) is 2. The van der Waals surface area contributed by atoms with E-state index in [4.69, 9.17) is 9.47 Å². The van der Waals surface area contributed by atoms with Gasteiger partial charge in [0, 0.05) is 20.0 Å². The van der Waals surface area contributed by atoms with Gasteiger partial charge < -0.3 is 9.47 Å². The molecule has 0 bridgehead atoms. The van der Waals surface area contributed by atoms with Gasteiger partial charge in [0.2, 0.25) is 0 Å². The molecule has 0 spiro atoms. The van der Waals surface area contributed by atoms with Crippen LogP contribution < -0.4 is 4.74 Å². The quantitative estimate of drug-likeness (QED) is 0.488. The lowest BCUT2D eigenvalue weighted by Crippen LogP contribution is -2.33. The predicted octanol–water partition coefficient (Wildman–Crippen LogP) is 6.21. The minimum Gasteiger partial charge on any atom is -0.489 e. The first-order valence-corrected chi connectivity index (χ1v) is 9.96. The second-order valence-electron chi connectivity index (χ2n) is 7.24. The number of carbonyl (C=O) groups excluding carboxylic acids is 1. The fourth-order valence-electron chi connectivity index (χ4n) is 3.91. The van der Waals surface area contributed by atoms with Crippen LogP contribution in [0.3, 0.4) is 0 Å². The Bertz CT molecular complexity index is 966. The van der Waals surface area contributed by atoms with E-state index in [1.807, 2.05) is 12.1 Å². The Balaban J connectivity index is 0.00000117. The van der Waals surface area contributed by atoms with Gasteiger partial charge in [0.15, 0.2) is 0 Å². The van der Waals surface area contributed by atoms with E-state index in [1.54, 1.807) is 7.11 Å². The molecule has 4 rings (SSSR count). The average molecular weight is 389 g/mol. The molecule has 0 radical (unpaired) electrons. The zero-order valence-corrected chi connectivity index (χ0v) is 17.0. The molecule has 0 heterocycles. The Morgan fingerprint density at radius 2 is 1.62 bits per heavy atom. The lowest BCUT2D eigenvalue weighted by atomic mass is 9.79. The first-order chi connectivity index (χ1) is 14.2. The molecule has 0 amide bonds. The van der Waals surface area contributed by atoms with Crippen LogP contribution in [0.15, 0.2) is 79.9 Å². The summed E-state index contributed by atoms with van der Waals surface area (Å²) in [6, 6.07) is 22.8. The molecular weight excluding hydrogens is 360 g/mol. The fraction of sp³-hybridized carbons (Fsp3) is 0.269. The van der Waals surface area contributed by atoms with Gasteiger partial charge in [0.1, 0.15) is 18.1 Å². The van der Waals surface area contributed by atoms with Gasteiger partial charge in [0.05, 0.1) is 5.60 Å². The van der Waals surface area contributed by atoms with Crippen LogP contribution in [0.2, 0.25) is 0 Å². The molecule has 1 saturated carbocycles. The lowest BCUT2D eigenvalue weighted by Gasteiger charge is -2.36. The van der Waals surface area contributed by atoms with Crippen molar-refractivity contribution in [3.8, 4) is 5.75 Å². The van der Waals surface area contributed by atoms with Crippen LogP contribution in [0.4, 0.5) is 0 Å². The van der Waals surface area contributed by atoms with E-state index in [0.717, 1.165) is 29.7 Å². The highest BCUT2D eigenvalue weighted by atomic mass is 16.5. The van der Waals surface area contributed by atoms with E-state index in [1.165, 1.54) is 10.8 Å². The van der Waals surface area contributed by atoms with Crippen molar-refractivity contribution in [1.29, 1.82) is 0 Å². The highest BCUT2D eigenvalue weighted by Crippen LogP contribution is 2.40.